The predicted octanol–water partition coefficient (Wildman–Crippen LogP) is 4.76. The molecule has 2 aromatic heterocycles. The summed E-state index contributed by atoms with van der Waals surface area (Å²) in [6.45, 7) is 0.408. The standard InChI is InChI=1S/C26H27ClN6O4S/c1-28-38(34,35)17-18-4-8-23(9-5-18)37-25-13-19(14-29-26-30-15-20(27)16-31-26)12-24(32-25)33(2)21-6-10-22(36-3)11-7-21/h4-13,15-16,28H,14,17H2,1-3H3,(H,29,30,31). The molecule has 0 aliphatic heterocycles. The second-order valence-corrected chi connectivity index (χ2v) is 10.6. The molecule has 2 aromatic carbocycles. The molecular formula is C26H27ClN6O4S. The Morgan fingerprint density at radius 2 is 1.61 bits per heavy atom. The molecule has 0 bridgehead atoms. The van der Waals surface area contributed by atoms with Gasteiger partial charge in [0.2, 0.25) is 21.9 Å². The van der Waals surface area contributed by atoms with Crippen LogP contribution in [0.3, 0.4) is 0 Å². The van der Waals surface area contributed by atoms with Gasteiger partial charge in [0, 0.05) is 25.3 Å². The maximum atomic E-state index is 11.8. The molecule has 0 saturated heterocycles. The number of nitrogens with one attached hydrogen (secondary N) is 2. The number of halogens is 1. The van der Waals surface area contributed by atoms with E-state index in [1.807, 2.05) is 48.3 Å². The molecule has 4 rings (SSSR count). The summed E-state index contributed by atoms with van der Waals surface area (Å²) >= 11 is 5.88. The summed E-state index contributed by atoms with van der Waals surface area (Å²) in [4.78, 5) is 15.0. The number of anilines is 3. The molecule has 0 unspecified atom stereocenters. The molecule has 0 fully saturated rings. The minimum absolute atomic E-state index is 0.118. The summed E-state index contributed by atoms with van der Waals surface area (Å²) < 4.78 is 37.3. The van der Waals surface area contributed by atoms with Crippen LogP contribution < -0.4 is 24.4 Å². The molecule has 2 heterocycles. The minimum atomic E-state index is -3.37. The maximum Gasteiger partial charge on any atom is 0.222 e. The number of hydrogen-bond acceptors (Lipinski definition) is 9. The number of rotatable bonds is 11. The average Bonchev–Trinajstić information content (AvgIpc) is 2.93. The second-order valence-electron chi connectivity index (χ2n) is 8.22. The fourth-order valence-electron chi connectivity index (χ4n) is 3.46. The molecule has 0 radical (unpaired) electrons. The van der Waals surface area contributed by atoms with Crippen molar-refractivity contribution in [3.63, 3.8) is 0 Å². The first kappa shape index (κ1) is 27.1. The van der Waals surface area contributed by atoms with E-state index in [-0.39, 0.29) is 5.75 Å². The highest BCUT2D eigenvalue weighted by atomic mass is 35.5. The highest BCUT2D eigenvalue weighted by Gasteiger charge is 2.13. The molecule has 10 nitrogen and oxygen atoms in total. The third-order valence-electron chi connectivity index (χ3n) is 5.54. The summed E-state index contributed by atoms with van der Waals surface area (Å²) in [5.41, 5.74) is 2.42. The van der Waals surface area contributed by atoms with Crippen molar-refractivity contribution >= 4 is 39.1 Å². The van der Waals surface area contributed by atoms with E-state index in [2.05, 4.69) is 20.0 Å². The van der Waals surface area contributed by atoms with Crippen LogP contribution in [0.25, 0.3) is 0 Å². The zero-order valence-electron chi connectivity index (χ0n) is 21.1. The van der Waals surface area contributed by atoms with E-state index in [0.29, 0.717) is 40.5 Å². The average molecular weight is 555 g/mol. The van der Waals surface area contributed by atoms with Gasteiger partial charge in [-0.2, -0.15) is 4.98 Å². The van der Waals surface area contributed by atoms with Crippen molar-refractivity contribution in [1.82, 2.24) is 19.7 Å². The number of sulfonamides is 1. The van der Waals surface area contributed by atoms with Crippen LogP contribution in [0, 0.1) is 0 Å². The smallest absolute Gasteiger partial charge is 0.222 e. The molecule has 0 amide bonds. The highest BCUT2D eigenvalue weighted by molar-refractivity contribution is 7.88. The van der Waals surface area contributed by atoms with Crippen LogP contribution in [0.5, 0.6) is 17.4 Å². The highest BCUT2D eigenvalue weighted by Crippen LogP contribution is 2.29. The van der Waals surface area contributed by atoms with Crippen molar-refractivity contribution in [2.45, 2.75) is 12.3 Å². The second kappa shape index (κ2) is 12.1. The molecule has 0 spiro atoms. The number of aromatic nitrogens is 3. The van der Waals surface area contributed by atoms with Crippen molar-refractivity contribution < 1.29 is 17.9 Å². The van der Waals surface area contributed by atoms with E-state index < -0.39 is 10.0 Å². The maximum absolute atomic E-state index is 11.8. The normalized spacial score (nSPS) is 11.2. The molecule has 12 heteroatoms. The Morgan fingerprint density at radius 3 is 2.24 bits per heavy atom. The fourth-order valence-corrected chi connectivity index (χ4v) is 4.33. The van der Waals surface area contributed by atoms with Gasteiger partial charge in [0.1, 0.15) is 17.3 Å². The molecule has 0 atom stereocenters. The Balaban J connectivity index is 1.59. The van der Waals surface area contributed by atoms with Crippen LogP contribution in [0.1, 0.15) is 11.1 Å². The van der Waals surface area contributed by atoms with Gasteiger partial charge in [0.25, 0.3) is 0 Å². The molecular weight excluding hydrogens is 528 g/mol. The Kier molecular flexibility index (Phi) is 8.62. The zero-order valence-corrected chi connectivity index (χ0v) is 22.6. The molecule has 0 aliphatic carbocycles. The monoisotopic (exact) mass is 554 g/mol. The number of methoxy groups -OCH3 is 1. The Bertz CT molecular complexity index is 1470. The summed E-state index contributed by atoms with van der Waals surface area (Å²) in [6.07, 6.45) is 3.04. The summed E-state index contributed by atoms with van der Waals surface area (Å²) in [6, 6.07) is 18.2. The van der Waals surface area contributed by atoms with Crippen molar-refractivity contribution in [2.24, 2.45) is 0 Å². The molecule has 198 valence electrons. The van der Waals surface area contributed by atoms with Crippen LogP contribution in [0.2, 0.25) is 5.02 Å². The number of ether oxygens (including phenoxy) is 2. The fraction of sp³-hybridized carbons (Fsp3) is 0.192. The van der Waals surface area contributed by atoms with Crippen LogP contribution in [-0.4, -0.2) is 44.6 Å². The van der Waals surface area contributed by atoms with E-state index in [4.69, 9.17) is 26.1 Å². The molecule has 4 aromatic rings. The Morgan fingerprint density at radius 1 is 0.947 bits per heavy atom. The molecule has 0 saturated carbocycles. The molecule has 2 N–H and O–H groups in total. The largest absolute Gasteiger partial charge is 0.497 e. The van der Waals surface area contributed by atoms with Crippen molar-refractivity contribution in [3.05, 3.63) is 89.2 Å². The first-order chi connectivity index (χ1) is 18.2. The van der Waals surface area contributed by atoms with Gasteiger partial charge in [-0.05, 0) is 60.6 Å². The van der Waals surface area contributed by atoms with Gasteiger partial charge in [-0.15, -0.1) is 0 Å². The lowest BCUT2D eigenvalue weighted by Crippen LogP contribution is -2.20. The third-order valence-corrected chi connectivity index (χ3v) is 7.07. The zero-order chi connectivity index (χ0) is 27.1. The molecule has 0 aliphatic rings. The minimum Gasteiger partial charge on any atom is -0.497 e. The quantitative estimate of drug-likeness (QED) is 0.270. The Labute approximate surface area is 226 Å². The lowest BCUT2D eigenvalue weighted by Gasteiger charge is -2.20. The van der Waals surface area contributed by atoms with Gasteiger partial charge in [-0.1, -0.05) is 23.7 Å². The van der Waals surface area contributed by atoms with Crippen molar-refractivity contribution in [3.8, 4) is 17.4 Å². The third kappa shape index (κ3) is 7.31. The number of benzene rings is 2. The summed E-state index contributed by atoms with van der Waals surface area (Å²) in [7, 11) is 1.55. The van der Waals surface area contributed by atoms with E-state index in [9.17, 15) is 8.42 Å². The van der Waals surface area contributed by atoms with Crippen LogP contribution in [0.4, 0.5) is 17.5 Å². The van der Waals surface area contributed by atoms with Crippen LogP contribution in [0.15, 0.2) is 73.1 Å². The summed E-state index contributed by atoms with van der Waals surface area (Å²) in [5, 5.41) is 3.62. The van der Waals surface area contributed by atoms with Crippen molar-refractivity contribution in [2.75, 3.05) is 31.4 Å². The topological polar surface area (TPSA) is 119 Å². The number of hydrogen-bond donors (Lipinski definition) is 2. The van der Waals surface area contributed by atoms with Gasteiger partial charge in [-0.25, -0.2) is 23.1 Å². The van der Waals surface area contributed by atoms with E-state index >= 15 is 0 Å². The SMILES string of the molecule is CNS(=O)(=O)Cc1ccc(Oc2cc(CNc3ncc(Cl)cn3)cc(N(C)c3ccc(OC)cc3)n2)cc1. The first-order valence-corrected chi connectivity index (χ1v) is 13.6. The van der Waals surface area contributed by atoms with Crippen LogP contribution >= 0.6 is 11.6 Å². The van der Waals surface area contributed by atoms with Gasteiger partial charge in [0.15, 0.2) is 0 Å². The number of pyridine rings is 1. The lowest BCUT2D eigenvalue weighted by molar-refractivity contribution is 0.415. The molecule has 38 heavy (non-hydrogen) atoms. The predicted molar refractivity (Wildman–Crippen MR) is 148 cm³/mol. The van der Waals surface area contributed by atoms with Gasteiger partial charge in [-0.3, -0.25) is 0 Å². The summed E-state index contributed by atoms with van der Waals surface area (Å²) in [5.74, 6) is 2.61. The van der Waals surface area contributed by atoms with Crippen molar-refractivity contribution in [1.29, 1.82) is 0 Å². The van der Waals surface area contributed by atoms with Gasteiger partial charge < -0.3 is 19.7 Å². The first-order valence-electron chi connectivity index (χ1n) is 11.5. The van der Waals surface area contributed by atoms with Crippen LogP contribution in [-0.2, 0) is 22.3 Å². The Hall–Kier alpha value is -3.93. The van der Waals surface area contributed by atoms with E-state index in [1.54, 1.807) is 31.4 Å². The van der Waals surface area contributed by atoms with E-state index in [1.165, 1.54) is 19.4 Å². The van der Waals surface area contributed by atoms with E-state index in [0.717, 1.165) is 17.0 Å². The lowest BCUT2D eigenvalue weighted by atomic mass is 10.2. The number of nitrogens with zero attached hydrogens (tertiary/aromatic N) is 4. The van der Waals surface area contributed by atoms with Gasteiger partial charge in [0.05, 0.1) is 30.3 Å². The van der Waals surface area contributed by atoms with Gasteiger partial charge >= 0.3 is 0 Å².